The lowest BCUT2D eigenvalue weighted by Crippen LogP contribution is -2.30. The zero-order chi connectivity index (χ0) is 22.0. The van der Waals surface area contributed by atoms with E-state index in [0.717, 1.165) is 11.1 Å². The Labute approximate surface area is 179 Å². The van der Waals surface area contributed by atoms with Crippen molar-refractivity contribution < 1.29 is 19.0 Å². The molecule has 0 spiro atoms. The summed E-state index contributed by atoms with van der Waals surface area (Å²) in [6, 6.07) is 8.54. The Bertz CT molecular complexity index is 1140. The molecule has 2 aromatic heterocycles. The molecular formula is C22H23N5O4. The zero-order valence-corrected chi connectivity index (χ0v) is 17.7. The first-order valence-corrected chi connectivity index (χ1v) is 9.81. The van der Waals surface area contributed by atoms with Crippen molar-refractivity contribution in [3.05, 3.63) is 59.6 Å². The smallest absolute Gasteiger partial charge is 0.338 e. The van der Waals surface area contributed by atoms with Crippen molar-refractivity contribution in [1.82, 2.24) is 19.7 Å². The minimum absolute atomic E-state index is 0.257. The van der Waals surface area contributed by atoms with Crippen molar-refractivity contribution in [2.24, 2.45) is 0 Å². The predicted molar refractivity (Wildman–Crippen MR) is 114 cm³/mol. The van der Waals surface area contributed by atoms with E-state index in [1.54, 1.807) is 44.3 Å². The summed E-state index contributed by atoms with van der Waals surface area (Å²) in [5, 5.41) is 7.88. The van der Waals surface area contributed by atoms with Gasteiger partial charge in [-0.2, -0.15) is 4.98 Å². The van der Waals surface area contributed by atoms with E-state index in [-0.39, 0.29) is 6.61 Å². The zero-order valence-electron chi connectivity index (χ0n) is 17.7. The van der Waals surface area contributed by atoms with Crippen molar-refractivity contribution in [2.75, 3.05) is 26.1 Å². The Balaban J connectivity index is 1.91. The van der Waals surface area contributed by atoms with Crippen LogP contribution in [0.25, 0.3) is 11.4 Å². The highest BCUT2D eigenvalue weighted by Crippen LogP contribution is 2.41. The number of nitrogens with zero attached hydrogens (tertiary/aromatic N) is 4. The topological polar surface area (TPSA) is 100 Å². The molecule has 0 bridgehead atoms. The van der Waals surface area contributed by atoms with Crippen LogP contribution in [-0.2, 0) is 9.53 Å². The largest absolute Gasteiger partial charge is 0.497 e. The molecule has 0 fully saturated rings. The molecule has 3 heterocycles. The van der Waals surface area contributed by atoms with Gasteiger partial charge in [0.05, 0.1) is 26.4 Å². The van der Waals surface area contributed by atoms with Gasteiger partial charge in [-0.15, -0.1) is 5.10 Å². The minimum atomic E-state index is -0.603. The third-order valence-corrected chi connectivity index (χ3v) is 5.00. The van der Waals surface area contributed by atoms with Crippen LogP contribution in [0.15, 0.2) is 54.0 Å². The molecule has 1 aliphatic rings. The molecule has 0 aliphatic carbocycles. The number of carbonyl (C=O) groups is 1. The van der Waals surface area contributed by atoms with Crippen LogP contribution in [-0.4, -0.2) is 46.5 Å². The van der Waals surface area contributed by atoms with Gasteiger partial charge in [-0.1, -0.05) is 0 Å². The molecule has 1 N–H and O–H groups in total. The van der Waals surface area contributed by atoms with Gasteiger partial charge >= 0.3 is 5.97 Å². The quantitative estimate of drug-likeness (QED) is 0.606. The Morgan fingerprint density at radius 3 is 2.74 bits per heavy atom. The molecule has 0 saturated heterocycles. The molecule has 31 heavy (non-hydrogen) atoms. The number of pyridine rings is 1. The first-order valence-electron chi connectivity index (χ1n) is 9.81. The molecule has 160 valence electrons. The molecular weight excluding hydrogens is 398 g/mol. The maximum Gasteiger partial charge on any atom is 0.338 e. The molecule has 4 rings (SSSR count). The molecule has 0 amide bonds. The second kappa shape index (κ2) is 8.47. The number of nitrogens with one attached hydrogen (secondary N) is 1. The molecule has 0 radical (unpaired) electrons. The average molecular weight is 421 g/mol. The van der Waals surface area contributed by atoms with Gasteiger partial charge < -0.3 is 19.5 Å². The number of allylic oxidation sites excluding steroid dienone is 1. The van der Waals surface area contributed by atoms with E-state index < -0.39 is 12.0 Å². The van der Waals surface area contributed by atoms with Crippen LogP contribution >= 0.6 is 0 Å². The predicted octanol–water partition coefficient (Wildman–Crippen LogP) is 3.21. The SMILES string of the molecule is CCOC(=O)C1=C(C)Nc2nc(-c3cccnc3)nn2C1c1ccc(OC)cc1OC. The van der Waals surface area contributed by atoms with Crippen LogP contribution in [0.5, 0.6) is 11.5 Å². The lowest BCUT2D eigenvalue weighted by molar-refractivity contribution is -0.139. The standard InChI is InChI=1S/C22H23N5O4/c1-5-31-21(28)18-13(2)24-22-25-20(14-7-6-10-23-12-14)26-27(22)19(18)16-9-8-15(29-3)11-17(16)30-4/h6-12,19H,5H2,1-4H3,(H,24,25,26). The van der Waals surface area contributed by atoms with Gasteiger partial charge in [0.25, 0.3) is 0 Å². The van der Waals surface area contributed by atoms with E-state index in [1.165, 1.54) is 0 Å². The number of methoxy groups -OCH3 is 2. The molecule has 9 nitrogen and oxygen atoms in total. The number of carbonyl (C=O) groups excluding carboxylic acids is 1. The van der Waals surface area contributed by atoms with E-state index >= 15 is 0 Å². The van der Waals surface area contributed by atoms with Crippen molar-refractivity contribution in [2.45, 2.75) is 19.9 Å². The third-order valence-electron chi connectivity index (χ3n) is 5.00. The molecule has 9 heteroatoms. The van der Waals surface area contributed by atoms with E-state index in [9.17, 15) is 4.79 Å². The molecule has 3 aromatic rings. The summed E-state index contributed by atoms with van der Waals surface area (Å²) >= 11 is 0. The fourth-order valence-corrected chi connectivity index (χ4v) is 3.57. The average Bonchev–Trinajstić information content (AvgIpc) is 3.22. The number of hydrogen-bond acceptors (Lipinski definition) is 8. The minimum Gasteiger partial charge on any atom is -0.497 e. The number of ether oxygens (including phenoxy) is 3. The monoisotopic (exact) mass is 421 g/mol. The van der Waals surface area contributed by atoms with Gasteiger partial charge in [0, 0.05) is 35.3 Å². The highest BCUT2D eigenvalue weighted by Gasteiger charge is 2.37. The molecule has 0 saturated carbocycles. The van der Waals surface area contributed by atoms with Crippen molar-refractivity contribution in [3.8, 4) is 22.9 Å². The number of esters is 1. The number of hydrogen-bond donors (Lipinski definition) is 1. The van der Waals surface area contributed by atoms with Crippen LogP contribution in [0, 0.1) is 0 Å². The van der Waals surface area contributed by atoms with Gasteiger partial charge in [-0.05, 0) is 38.1 Å². The fraction of sp³-hybridized carbons (Fsp3) is 0.273. The number of rotatable bonds is 6. The number of anilines is 1. The van der Waals surface area contributed by atoms with Crippen molar-refractivity contribution in [1.29, 1.82) is 0 Å². The Kier molecular flexibility index (Phi) is 5.57. The normalized spacial score (nSPS) is 15.2. The second-order valence-corrected chi connectivity index (χ2v) is 6.84. The van der Waals surface area contributed by atoms with Gasteiger partial charge in [-0.3, -0.25) is 4.98 Å². The van der Waals surface area contributed by atoms with Crippen LogP contribution in [0.2, 0.25) is 0 Å². The highest BCUT2D eigenvalue weighted by atomic mass is 16.5. The Hall–Kier alpha value is -3.88. The summed E-state index contributed by atoms with van der Waals surface area (Å²) in [5.41, 5.74) is 2.57. The lowest BCUT2D eigenvalue weighted by Gasteiger charge is -2.29. The number of aromatic nitrogens is 4. The second-order valence-electron chi connectivity index (χ2n) is 6.84. The van der Waals surface area contributed by atoms with Crippen molar-refractivity contribution >= 4 is 11.9 Å². The molecule has 1 aromatic carbocycles. The fourth-order valence-electron chi connectivity index (χ4n) is 3.57. The van der Waals surface area contributed by atoms with E-state index in [4.69, 9.17) is 19.3 Å². The summed E-state index contributed by atoms with van der Waals surface area (Å²) in [6.45, 7) is 3.85. The molecule has 1 unspecified atom stereocenters. The van der Waals surface area contributed by atoms with Crippen LogP contribution in [0.4, 0.5) is 5.95 Å². The van der Waals surface area contributed by atoms with Gasteiger partial charge in [0.1, 0.15) is 17.5 Å². The van der Waals surface area contributed by atoms with Gasteiger partial charge in [0.15, 0.2) is 5.82 Å². The van der Waals surface area contributed by atoms with Crippen LogP contribution < -0.4 is 14.8 Å². The Morgan fingerprint density at radius 2 is 2.06 bits per heavy atom. The van der Waals surface area contributed by atoms with Gasteiger partial charge in [-0.25, -0.2) is 9.48 Å². The first kappa shape index (κ1) is 20.4. The summed E-state index contributed by atoms with van der Waals surface area (Å²) in [5.74, 6) is 1.77. The van der Waals surface area contributed by atoms with E-state index in [2.05, 4.69) is 15.3 Å². The molecule has 1 aliphatic heterocycles. The number of benzene rings is 1. The number of fused-ring (bicyclic) bond motifs is 1. The summed E-state index contributed by atoms with van der Waals surface area (Å²) < 4.78 is 18.0. The van der Waals surface area contributed by atoms with E-state index in [0.29, 0.717) is 34.5 Å². The van der Waals surface area contributed by atoms with Crippen LogP contribution in [0.3, 0.4) is 0 Å². The maximum atomic E-state index is 12.9. The lowest BCUT2D eigenvalue weighted by atomic mass is 9.95. The van der Waals surface area contributed by atoms with Gasteiger partial charge in [0.2, 0.25) is 5.95 Å². The Morgan fingerprint density at radius 1 is 1.23 bits per heavy atom. The summed E-state index contributed by atoms with van der Waals surface area (Å²) in [6.07, 6.45) is 3.38. The maximum absolute atomic E-state index is 12.9. The third kappa shape index (κ3) is 3.70. The van der Waals surface area contributed by atoms with E-state index in [1.807, 2.05) is 31.2 Å². The summed E-state index contributed by atoms with van der Waals surface area (Å²) in [7, 11) is 3.16. The summed E-state index contributed by atoms with van der Waals surface area (Å²) in [4.78, 5) is 21.7. The van der Waals surface area contributed by atoms with Crippen LogP contribution in [0.1, 0.15) is 25.5 Å². The molecule has 1 atom stereocenters. The first-order chi connectivity index (χ1) is 15.1. The van der Waals surface area contributed by atoms with Crippen molar-refractivity contribution in [3.63, 3.8) is 0 Å². The highest BCUT2D eigenvalue weighted by molar-refractivity contribution is 5.92.